The molecule has 0 saturated heterocycles. The van der Waals surface area contributed by atoms with Crippen molar-refractivity contribution in [1.29, 1.82) is 0 Å². The van der Waals surface area contributed by atoms with Gasteiger partial charge in [0.05, 0.1) is 16.8 Å². The van der Waals surface area contributed by atoms with Gasteiger partial charge in [-0.25, -0.2) is 9.97 Å². The van der Waals surface area contributed by atoms with Crippen LogP contribution in [0.4, 0.5) is 0 Å². The molecule has 0 atom stereocenters. The van der Waals surface area contributed by atoms with Crippen molar-refractivity contribution >= 4 is 27.7 Å². The predicted molar refractivity (Wildman–Crippen MR) is 83.5 cm³/mol. The summed E-state index contributed by atoms with van der Waals surface area (Å²) in [4.78, 5) is 8.52. The van der Waals surface area contributed by atoms with Gasteiger partial charge in [-0.15, -0.1) is 0 Å². The molecular weight excluding hydrogens is 340 g/mol. The number of para-hydroxylation sites is 1. The van der Waals surface area contributed by atoms with Crippen LogP contribution in [0.1, 0.15) is 12.6 Å². The molecule has 1 heterocycles. The molecule has 0 saturated carbocycles. The molecule has 0 aliphatic carbocycles. The molecule has 0 unspecified atom stereocenters. The summed E-state index contributed by atoms with van der Waals surface area (Å²) in [6, 6.07) is 7.57. The van der Waals surface area contributed by atoms with Crippen molar-refractivity contribution in [1.82, 2.24) is 9.97 Å². The van der Waals surface area contributed by atoms with E-state index in [2.05, 4.69) is 25.9 Å². The summed E-state index contributed by atoms with van der Waals surface area (Å²) >= 11 is 4.98. The van der Waals surface area contributed by atoms with E-state index in [0.29, 0.717) is 19.0 Å². The standard InChI is InChI=1S/C14H15BrN2O2S/c1-3-18-12-6-4-5-11(15)13(12)19-9-10-7-8-16-14(17-10)20-2/h4-8H,3,9H2,1-2H3. The van der Waals surface area contributed by atoms with Crippen LogP contribution in [-0.2, 0) is 6.61 Å². The molecule has 106 valence electrons. The Morgan fingerprint density at radius 1 is 1.25 bits per heavy atom. The van der Waals surface area contributed by atoms with E-state index in [1.54, 1.807) is 6.20 Å². The number of ether oxygens (including phenoxy) is 2. The first-order valence-corrected chi connectivity index (χ1v) is 8.16. The number of hydrogen-bond acceptors (Lipinski definition) is 5. The van der Waals surface area contributed by atoms with E-state index in [-0.39, 0.29) is 0 Å². The zero-order valence-corrected chi connectivity index (χ0v) is 13.7. The minimum absolute atomic E-state index is 0.374. The summed E-state index contributed by atoms with van der Waals surface area (Å²) in [5, 5.41) is 0.739. The number of rotatable bonds is 6. The summed E-state index contributed by atoms with van der Waals surface area (Å²) in [6.45, 7) is 2.91. The quantitative estimate of drug-likeness (QED) is 0.580. The Morgan fingerprint density at radius 2 is 2.10 bits per heavy atom. The number of benzene rings is 1. The van der Waals surface area contributed by atoms with E-state index in [9.17, 15) is 0 Å². The van der Waals surface area contributed by atoms with Crippen LogP contribution in [0, 0.1) is 0 Å². The fourth-order valence-corrected chi connectivity index (χ4v) is 2.44. The fourth-order valence-electron chi connectivity index (χ4n) is 1.60. The van der Waals surface area contributed by atoms with Gasteiger partial charge in [-0.05, 0) is 47.3 Å². The van der Waals surface area contributed by atoms with Crippen molar-refractivity contribution in [3.63, 3.8) is 0 Å². The first-order valence-electron chi connectivity index (χ1n) is 6.14. The van der Waals surface area contributed by atoms with Crippen LogP contribution >= 0.6 is 27.7 Å². The van der Waals surface area contributed by atoms with Gasteiger partial charge >= 0.3 is 0 Å². The highest BCUT2D eigenvalue weighted by atomic mass is 79.9. The molecule has 4 nitrogen and oxygen atoms in total. The fraction of sp³-hybridized carbons (Fsp3) is 0.286. The van der Waals surface area contributed by atoms with E-state index < -0.39 is 0 Å². The van der Waals surface area contributed by atoms with Crippen LogP contribution < -0.4 is 9.47 Å². The van der Waals surface area contributed by atoms with Gasteiger partial charge in [0.1, 0.15) is 6.61 Å². The number of aromatic nitrogens is 2. The average Bonchev–Trinajstić information content (AvgIpc) is 2.47. The third kappa shape index (κ3) is 3.86. The van der Waals surface area contributed by atoms with Gasteiger partial charge in [-0.1, -0.05) is 17.8 Å². The Kier molecular flexibility index (Phi) is 5.67. The smallest absolute Gasteiger partial charge is 0.187 e. The van der Waals surface area contributed by atoms with Crippen molar-refractivity contribution in [2.45, 2.75) is 18.7 Å². The van der Waals surface area contributed by atoms with Crippen LogP contribution in [0.2, 0.25) is 0 Å². The monoisotopic (exact) mass is 354 g/mol. The highest BCUT2D eigenvalue weighted by Gasteiger charge is 2.10. The van der Waals surface area contributed by atoms with E-state index >= 15 is 0 Å². The van der Waals surface area contributed by atoms with Crippen molar-refractivity contribution in [3.8, 4) is 11.5 Å². The molecule has 0 aliphatic rings. The van der Waals surface area contributed by atoms with Crippen molar-refractivity contribution in [3.05, 3.63) is 40.6 Å². The second kappa shape index (κ2) is 7.50. The van der Waals surface area contributed by atoms with Gasteiger partial charge < -0.3 is 9.47 Å². The second-order valence-corrected chi connectivity index (χ2v) is 5.45. The van der Waals surface area contributed by atoms with Crippen molar-refractivity contribution in [2.24, 2.45) is 0 Å². The Morgan fingerprint density at radius 3 is 2.85 bits per heavy atom. The van der Waals surface area contributed by atoms with Gasteiger partial charge in [-0.2, -0.15) is 0 Å². The zero-order valence-electron chi connectivity index (χ0n) is 11.3. The third-order valence-corrected chi connectivity index (χ3v) is 3.66. The van der Waals surface area contributed by atoms with Crippen LogP contribution in [0.3, 0.4) is 0 Å². The molecule has 0 spiro atoms. The first-order chi connectivity index (χ1) is 9.74. The van der Waals surface area contributed by atoms with E-state index in [1.165, 1.54) is 11.8 Å². The molecule has 0 fully saturated rings. The highest BCUT2D eigenvalue weighted by Crippen LogP contribution is 2.35. The summed E-state index contributed by atoms with van der Waals surface area (Å²) in [5.41, 5.74) is 0.836. The normalized spacial score (nSPS) is 10.3. The summed E-state index contributed by atoms with van der Waals surface area (Å²) < 4.78 is 12.3. The Hall–Kier alpha value is -1.27. The maximum Gasteiger partial charge on any atom is 0.187 e. The molecule has 2 rings (SSSR count). The molecule has 0 N–H and O–H groups in total. The lowest BCUT2D eigenvalue weighted by atomic mass is 10.3. The van der Waals surface area contributed by atoms with Gasteiger partial charge in [-0.3, -0.25) is 0 Å². The molecule has 0 bridgehead atoms. The van der Waals surface area contributed by atoms with Crippen LogP contribution in [-0.4, -0.2) is 22.8 Å². The van der Waals surface area contributed by atoms with Gasteiger partial charge in [0.25, 0.3) is 0 Å². The average molecular weight is 355 g/mol. The first kappa shape index (κ1) is 15.1. The topological polar surface area (TPSA) is 44.2 Å². The summed E-state index contributed by atoms with van der Waals surface area (Å²) in [7, 11) is 0. The van der Waals surface area contributed by atoms with E-state index in [1.807, 2.05) is 37.4 Å². The summed E-state index contributed by atoms with van der Waals surface area (Å²) in [5.74, 6) is 1.42. The molecule has 6 heteroatoms. The minimum Gasteiger partial charge on any atom is -0.490 e. The number of thioether (sulfide) groups is 1. The lowest BCUT2D eigenvalue weighted by molar-refractivity contribution is 0.264. The maximum atomic E-state index is 5.83. The Labute approximate surface area is 131 Å². The third-order valence-electron chi connectivity index (χ3n) is 2.47. The maximum absolute atomic E-state index is 5.83. The molecular formula is C14H15BrN2O2S. The van der Waals surface area contributed by atoms with Gasteiger partial charge in [0, 0.05) is 6.20 Å². The van der Waals surface area contributed by atoms with E-state index in [4.69, 9.17) is 9.47 Å². The highest BCUT2D eigenvalue weighted by molar-refractivity contribution is 9.10. The zero-order chi connectivity index (χ0) is 14.4. The largest absolute Gasteiger partial charge is 0.490 e. The SMILES string of the molecule is CCOc1cccc(Br)c1OCc1ccnc(SC)n1. The molecule has 20 heavy (non-hydrogen) atoms. The van der Waals surface area contributed by atoms with Crippen LogP contribution in [0.15, 0.2) is 40.1 Å². The van der Waals surface area contributed by atoms with Crippen LogP contribution in [0.25, 0.3) is 0 Å². The Balaban J connectivity index is 2.13. The molecule has 2 aromatic rings. The predicted octanol–water partition coefficient (Wildman–Crippen LogP) is 3.94. The van der Waals surface area contributed by atoms with E-state index in [0.717, 1.165) is 21.1 Å². The minimum atomic E-state index is 0.374. The molecule has 0 radical (unpaired) electrons. The number of nitrogens with zero attached hydrogens (tertiary/aromatic N) is 2. The van der Waals surface area contributed by atoms with Crippen LogP contribution in [0.5, 0.6) is 11.5 Å². The lowest BCUT2D eigenvalue weighted by Crippen LogP contribution is -2.02. The summed E-state index contributed by atoms with van der Waals surface area (Å²) in [6.07, 6.45) is 3.68. The number of hydrogen-bond donors (Lipinski definition) is 0. The molecule has 0 amide bonds. The second-order valence-electron chi connectivity index (χ2n) is 3.82. The van der Waals surface area contributed by atoms with Gasteiger partial charge in [0.2, 0.25) is 0 Å². The van der Waals surface area contributed by atoms with Crippen molar-refractivity contribution in [2.75, 3.05) is 12.9 Å². The molecule has 1 aromatic carbocycles. The molecule has 0 aliphatic heterocycles. The van der Waals surface area contributed by atoms with Gasteiger partial charge in [0.15, 0.2) is 16.7 Å². The lowest BCUT2D eigenvalue weighted by Gasteiger charge is -2.13. The van der Waals surface area contributed by atoms with Crippen molar-refractivity contribution < 1.29 is 9.47 Å². The molecule has 1 aromatic heterocycles. The number of halogens is 1. The Bertz CT molecular complexity index is 581.